The molecule has 10 aromatic carbocycles. The second-order valence-corrected chi connectivity index (χ2v) is 24.9. The van der Waals surface area contributed by atoms with Crippen molar-refractivity contribution in [1.82, 2.24) is 29.9 Å². The van der Waals surface area contributed by atoms with Crippen molar-refractivity contribution in [1.29, 1.82) is 0 Å². The fourth-order valence-corrected chi connectivity index (χ4v) is 11.2. The number of aromatic nitrogens is 6. The first-order valence-electron chi connectivity index (χ1n) is 35.3. The third-order valence-corrected chi connectivity index (χ3v) is 17.0. The summed E-state index contributed by atoms with van der Waals surface area (Å²) in [6, 6.07) is 102. The number of hydrogen-bond donors (Lipinski definition) is 3. The Morgan fingerprint density at radius 2 is 0.582 bits per heavy atom. The van der Waals surface area contributed by atoms with Crippen LogP contribution in [0.1, 0.15) is 110 Å². The molecule has 6 heterocycles. The molecule has 12 nitrogen and oxygen atoms in total. The van der Waals surface area contributed by atoms with Crippen LogP contribution in [0.4, 0.5) is 0 Å². The molecule has 3 N–H and O–H groups in total. The maximum absolute atomic E-state index is 11.2. The average molecular weight is 1490 g/mol. The van der Waals surface area contributed by atoms with Crippen LogP contribution in [0.2, 0.25) is 0 Å². The highest BCUT2D eigenvalue weighted by Crippen LogP contribution is 2.29. The number of ether oxygens (including phenoxy) is 1. The predicted octanol–water partition coefficient (Wildman–Crippen LogP) is 24.5. The molecule has 16 rings (SSSR count). The summed E-state index contributed by atoms with van der Waals surface area (Å²) < 4.78 is 5.25. The molecule has 0 unspecified atom stereocenters. The summed E-state index contributed by atoms with van der Waals surface area (Å²) in [6.45, 7) is 13.7. The minimum absolute atomic E-state index is 0. The zero-order valence-electron chi connectivity index (χ0n) is 61.8. The fraction of sp³-hybridized carbons (Fsp3) is 0.104. The standard InChI is InChI=1S/C20H17NO2.2C18H15NO.2C11H11N.C10H9N.C7H6O2.CH4.2ClH/c1-14(13-17-8-4-6-10-20(17)23-15(2)22)18-12-11-16-7-3-5-9-19(16)21-18;2*1-13(12-15-7-3-5-9-18(15)20)16-11-10-14-6-2-4-8-17(14)19-16;2*1-2-10-8-7-9-5-3-4-6-11(9)12-10;1-8-6-7-9-4-2-3-5-10(9)11-8;8-5-6-3-1-2-4-7(6)9;;;/h3-13H,1-2H3;2*2-12,20H,1H3;2*3-8H,2H2,1H3;2-7H,1H3;1-5,9H;1H4;2*1H/b14-13+;2*13-12+;;;;;;;. The highest BCUT2D eigenvalue weighted by Gasteiger charge is 2.09. The molecular formula is C96H90Cl2N6O6. The van der Waals surface area contributed by atoms with E-state index in [2.05, 4.69) is 123 Å². The van der Waals surface area contributed by atoms with Gasteiger partial charge in [0.15, 0.2) is 6.29 Å². The highest BCUT2D eigenvalue weighted by molar-refractivity contribution is 5.89. The van der Waals surface area contributed by atoms with E-state index in [0.717, 1.165) is 130 Å². The zero-order chi connectivity index (χ0) is 75.3. The SMILES string of the molecule is C.C/C(=C\c1ccccc1O)c1ccc2ccccc2n1.C/C(=C\c1ccccc1O)c1ccc2ccccc2n1.CC(=O)Oc1ccccc1/C=C(\C)c1ccc2ccccc2n1.CCc1ccc2ccccc2n1.CCc1ccc2ccccc2n1.Cc1ccc2ccccc2n1.Cl.Cl.O=Cc1ccccc1O. The number of rotatable bonds is 10. The fourth-order valence-electron chi connectivity index (χ4n) is 11.2. The predicted molar refractivity (Wildman–Crippen MR) is 463 cm³/mol. The van der Waals surface area contributed by atoms with E-state index in [1.54, 1.807) is 36.4 Å². The van der Waals surface area contributed by atoms with Crippen molar-refractivity contribution < 1.29 is 29.6 Å². The van der Waals surface area contributed by atoms with E-state index in [9.17, 15) is 19.8 Å². The Bertz CT molecular complexity index is 5590. The minimum Gasteiger partial charge on any atom is -0.507 e. The van der Waals surface area contributed by atoms with Gasteiger partial charge in [-0.3, -0.25) is 24.5 Å². The summed E-state index contributed by atoms with van der Waals surface area (Å²) >= 11 is 0. The maximum atomic E-state index is 11.2. The van der Waals surface area contributed by atoms with Gasteiger partial charge in [-0.05, 0) is 179 Å². The smallest absolute Gasteiger partial charge is 0.308 e. The summed E-state index contributed by atoms with van der Waals surface area (Å²) in [7, 11) is 0. The van der Waals surface area contributed by atoms with Gasteiger partial charge in [-0.15, -0.1) is 24.8 Å². The Kier molecular flexibility index (Phi) is 32.9. The summed E-state index contributed by atoms with van der Waals surface area (Å²) in [6.07, 6.45) is 8.51. The van der Waals surface area contributed by atoms with Crippen LogP contribution >= 0.6 is 24.8 Å². The molecule has 14 heteroatoms. The van der Waals surface area contributed by atoms with Gasteiger partial charge >= 0.3 is 5.97 Å². The number of allylic oxidation sites excluding steroid dienone is 3. The lowest BCUT2D eigenvalue weighted by atomic mass is 10.1. The number of benzene rings is 10. The van der Waals surface area contributed by atoms with Gasteiger partial charge in [0.05, 0.1) is 55.7 Å². The molecule has 0 saturated carbocycles. The number of carbonyl (C=O) groups is 2. The van der Waals surface area contributed by atoms with E-state index in [1.807, 2.05) is 240 Å². The summed E-state index contributed by atoms with van der Waals surface area (Å²) in [5.74, 6) is 0.834. The maximum Gasteiger partial charge on any atom is 0.308 e. The number of aromatic hydroxyl groups is 3. The molecule has 0 spiro atoms. The van der Waals surface area contributed by atoms with Crippen molar-refractivity contribution in [2.45, 2.75) is 68.7 Å². The molecule has 6 aromatic heterocycles. The van der Waals surface area contributed by atoms with Gasteiger partial charge in [0.1, 0.15) is 23.0 Å². The van der Waals surface area contributed by atoms with Crippen molar-refractivity contribution >= 4 is 137 Å². The second-order valence-electron chi connectivity index (χ2n) is 24.9. The van der Waals surface area contributed by atoms with E-state index in [-0.39, 0.29) is 55.5 Å². The van der Waals surface area contributed by atoms with Gasteiger partial charge in [0, 0.05) is 73.0 Å². The van der Waals surface area contributed by atoms with E-state index in [4.69, 9.17) is 9.84 Å². The molecule has 0 saturated heterocycles. The first-order valence-corrected chi connectivity index (χ1v) is 35.3. The van der Waals surface area contributed by atoms with Gasteiger partial charge in [0.25, 0.3) is 0 Å². The number of aryl methyl sites for hydroxylation is 3. The van der Waals surface area contributed by atoms with Crippen LogP contribution < -0.4 is 4.74 Å². The van der Waals surface area contributed by atoms with Crippen LogP contribution in [-0.2, 0) is 17.6 Å². The number of halogens is 2. The number of carbonyl (C=O) groups excluding carboxylic acids is 2. The van der Waals surface area contributed by atoms with Crippen molar-refractivity contribution in [2.75, 3.05) is 0 Å². The lowest BCUT2D eigenvalue weighted by Gasteiger charge is -2.07. The number of hydrogen-bond acceptors (Lipinski definition) is 12. The van der Waals surface area contributed by atoms with Crippen LogP contribution in [0, 0.1) is 6.92 Å². The Balaban J connectivity index is 0.000000182. The summed E-state index contributed by atoms with van der Waals surface area (Å²) in [4.78, 5) is 48.6. The van der Waals surface area contributed by atoms with E-state index < -0.39 is 0 Å². The van der Waals surface area contributed by atoms with Crippen LogP contribution in [0.15, 0.2) is 315 Å². The van der Waals surface area contributed by atoms with E-state index in [0.29, 0.717) is 17.6 Å². The van der Waals surface area contributed by atoms with Gasteiger partial charge < -0.3 is 20.1 Å². The minimum atomic E-state index is -0.327. The second kappa shape index (κ2) is 43.0. The molecule has 0 bridgehead atoms. The number of pyridine rings is 6. The molecular weight excluding hydrogens is 1400 g/mol. The van der Waals surface area contributed by atoms with Gasteiger partial charge in [0.2, 0.25) is 0 Å². The summed E-state index contributed by atoms with van der Waals surface area (Å²) in [5.41, 5.74) is 18.2. The monoisotopic (exact) mass is 1490 g/mol. The van der Waals surface area contributed by atoms with Crippen molar-refractivity contribution in [3.8, 4) is 23.0 Å². The Labute approximate surface area is 656 Å². The van der Waals surface area contributed by atoms with E-state index in [1.165, 1.54) is 29.1 Å². The number of nitrogens with zero attached hydrogens (tertiary/aromatic N) is 6. The average Bonchev–Trinajstić information content (AvgIpc) is 0.832. The molecule has 16 aromatic rings. The highest BCUT2D eigenvalue weighted by atomic mass is 35.5. The van der Waals surface area contributed by atoms with E-state index >= 15 is 0 Å². The molecule has 554 valence electrons. The largest absolute Gasteiger partial charge is 0.507 e. The van der Waals surface area contributed by atoms with Gasteiger partial charge in [-0.25, -0.2) is 15.0 Å². The third kappa shape index (κ3) is 24.5. The lowest BCUT2D eigenvalue weighted by Crippen LogP contribution is -2.02. The van der Waals surface area contributed by atoms with Crippen molar-refractivity contribution in [3.05, 3.63) is 372 Å². The van der Waals surface area contributed by atoms with Crippen LogP contribution in [0.3, 0.4) is 0 Å². The van der Waals surface area contributed by atoms with Crippen LogP contribution in [0.5, 0.6) is 23.0 Å². The lowest BCUT2D eigenvalue weighted by molar-refractivity contribution is -0.131. The summed E-state index contributed by atoms with van der Waals surface area (Å²) in [5, 5.41) is 35.5. The first-order chi connectivity index (χ1) is 52.1. The van der Waals surface area contributed by atoms with Gasteiger partial charge in [-0.1, -0.05) is 234 Å². The number of phenols is 3. The number of para-hydroxylation sites is 10. The number of aldehydes is 1. The van der Waals surface area contributed by atoms with Crippen LogP contribution in [-0.4, -0.2) is 57.5 Å². The number of fused-ring (bicyclic) bond motifs is 6. The third-order valence-electron chi connectivity index (χ3n) is 17.0. The molecule has 0 atom stereocenters. The molecule has 0 radical (unpaired) electrons. The molecule has 110 heavy (non-hydrogen) atoms. The van der Waals surface area contributed by atoms with Crippen molar-refractivity contribution in [3.63, 3.8) is 0 Å². The first kappa shape index (κ1) is 84.3. The van der Waals surface area contributed by atoms with Gasteiger partial charge in [-0.2, -0.15) is 0 Å². The molecule has 0 aliphatic carbocycles. The Hall–Kier alpha value is -13.0. The van der Waals surface area contributed by atoms with Crippen molar-refractivity contribution in [2.24, 2.45) is 0 Å². The number of phenolic OH excluding ortho intramolecular Hbond substituents is 3. The normalized spacial score (nSPS) is 10.7. The molecule has 0 aliphatic rings. The Morgan fingerprint density at radius 1 is 0.318 bits per heavy atom. The Morgan fingerprint density at radius 3 is 0.900 bits per heavy atom. The molecule has 0 aliphatic heterocycles. The number of esters is 1. The quantitative estimate of drug-likeness (QED) is 0.0671. The topological polar surface area (TPSA) is 181 Å². The molecule has 0 amide bonds. The zero-order valence-corrected chi connectivity index (χ0v) is 63.4. The molecule has 0 fully saturated rings. The van der Waals surface area contributed by atoms with Crippen LogP contribution in [0.25, 0.3) is 100 Å².